The third-order valence-electron chi connectivity index (χ3n) is 2.72. The summed E-state index contributed by atoms with van der Waals surface area (Å²) in [7, 11) is 0. The summed E-state index contributed by atoms with van der Waals surface area (Å²) in [6.45, 7) is 7.87. The zero-order valence-corrected chi connectivity index (χ0v) is 13.8. The van der Waals surface area contributed by atoms with E-state index in [9.17, 15) is 14.7 Å². The summed E-state index contributed by atoms with van der Waals surface area (Å²) in [5, 5.41) is 17.9. The van der Waals surface area contributed by atoms with Crippen molar-refractivity contribution in [2.75, 3.05) is 0 Å². The summed E-state index contributed by atoms with van der Waals surface area (Å²) < 4.78 is 11.5. The van der Waals surface area contributed by atoms with Gasteiger partial charge < -0.3 is 14.6 Å². The number of diazo groups is 1. The molecule has 0 amide bonds. The molecule has 0 fully saturated rings. The highest BCUT2D eigenvalue weighted by Gasteiger charge is 2.29. The average Bonchev–Trinajstić information content (AvgIpc) is 2.76. The van der Waals surface area contributed by atoms with Crippen LogP contribution >= 0.6 is 0 Å². The summed E-state index contributed by atoms with van der Waals surface area (Å²) in [5.41, 5.74) is -0.261. The predicted molar refractivity (Wildman–Crippen MR) is 81.0 cm³/mol. The Morgan fingerprint density at radius 3 is 2.43 bits per heavy atom. The summed E-state index contributed by atoms with van der Waals surface area (Å²) >= 11 is 0. The van der Waals surface area contributed by atoms with E-state index in [1.165, 1.54) is 11.5 Å². The Morgan fingerprint density at radius 2 is 1.96 bits per heavy atom. The Hall–Kier alpha value is -2.82. The molecule has 1 aromatic rings. The Labute approximate surface area is 133 Å². The molecule has 0 bridgehead atoms. The van der Waals surface area contributed by atoms with Crippen molar-refractivity contribution in [2.24, 2.45) is 0 Å². The van der Waals surface area contributed by atoms with Crippen molar-refractivity contribution in [3.63, 3.8) is 0 Å². The number of nitrogens with zero attached hydrogens (tertiary/aromatic N) is 3. The highest BCUT2D eigenvalue weighted by molar-refractivity contribution is 5.90. The molecule has 0 radical (unpaired) electrons. The van der Waals surface area contributed by atoms with E-state index >= 15 is 0 Å². The predicted octanol–water partition coefficient (Wildman–Crippen LogP) is 3.27. The standard InChI is InChI=1S/C15H19N3O5/c1-9-6-7-11(18(9)14(21)23-15(3,4)5)8-22-13(20)12(17-16)10(2)19/h6-7H,8H2,1-5H3/p+1. The monoisotopic (exact) mass is 322 g/mol. The maximum Gasteiger partial charge on any atom is 0.504 e. The number of hydrogen-bond acceptors (Lipinski definition) is 6. The van der Waals surface area contributed by atoms with E-state index in [4.69, 9.17) is 14.9 Å². The Balaban J connectivity index is 2.93. The van der Waals surface area contributed by atoms with Gasteiger partial charge in [-0.1, -0.05) is 0 Å². The molecule has 1 aromatic heterocycles. The molecule has 0 spiro atoms. The lowest BCUT2D eigenvalue weighted by Gasteiger charge is -2.21. The number of allylic oxidation sites excluding steroid dienone is 1. The van der Waals surface area contributed by atoms with E-state index in [1.54, 1.807) is 39.8 Å². The number of carbonyl (C=O) groups is 2. The highest BCUT2D eigenvalue weighted by atomic mass is 16.6. The number of aliphatic hydroxyl groups excluding tert-OH is 1. The molecule has 1 N–H and O–H groups in total. The molecule has 0 aromatic carbocycles. The average molecular weight is 322 g/mol. The summed E-state index contributed by atoms with van der Waals surface area (Å²) in [5.74, 6) is -1.49. The topological polar surface area (TPSA) is 106 Å². The van der Waals surface area contributed by atoms with Crippen LogP contribution in [0.25, 0.3) is 4.98 Å². The maximum atomic E-state index is 12.2. The lowest BCUT2D eigenvalue weighted by molar-refractivity contribution is -0.140. The molecule has 0 aliphatic heterocycles. The first kappa shape index (κ1) is 18.2. The van der Waals surface area contributed by atoms with Gasteiger partial charge in [-0.05, 0) is 39.8 Å². The first-order valence-corrected chi connectivity index (χ1v) is 6.89. The maximum absolute atomic E-state index is 12.2. The van der Waals surface area contributed by atoms with E-state index in [-0.39, 0.29) is 6.61 Å². The van der Waals surface area contributed by atoms with Crippen LogP contribution in [0.1, 0.15) is 39.1 Å². The van der Waals surface area contributed by atoms with Crippen LogP contribution in [0.3, 0.4) is 0 Å². The lowest BCUT2D eigenvalue weighted by atomic mass is 10.2. The molecule has 124 valence electrons. The lowest BCUT2D eigenvalue weighted by Crippen LogP contribution is -2.28. The molecular formula is C15H20N3O5+. The molecule has 0 unspecified atom stereocenters. The van der Waals surface area contributed by atoms with Crippen LogP contribution in [-0.4, -0.2) is 27.3 Å². The van der Waals surface area contributed by atoms with E-state index < -0.39 is 29.1 Å². The number of esters is 1. The van der Waals surface area contributed by atoms with Gasteiger partial charge in [0.25, 0.3) is 0 Å². The van der Waals surface area contributed by atoms with Gasteiger partial charge >= 0.3 is 17.8 Å². The molecule has 23 heavy (non-hydrogen) atoms. The molecule has 8 heteroatoms. The summed E-state index contributed by atoms with van der Waals surface area (Å²) in [6.07, 6.45) is -0.591. The number of aromatic nitrogens is 1. The Morgan fingerprint density at radius 1 is 1.35 bits per heavy atom. The Bertz CT molecular complexity index is 685. The molecule has 1 rings (SSSR count). The molecule has 0 aliphatic rings. The van der Waals surface area contributed by atoms with Crippen LogP contribution < -0.4 is 0 Å². The molecular weight excluding hydrogens is 302 g/mol. The van der Waals surface area contributed by atoms with Crippen molar-refractivity contribution >= 4 is 12.1 Å². The number of rotatable bonds is 3. The van der Waals surface area contributed by atoms with Gasteiger partial charge in [-0.25, -0.2) is 9.59 Å². The number of aliphatic hydroxyl groups is 1. The van der Waals surface area contributed by atoms with Gasteiger partial charge in [0.2, 0.25) is 5.39 Å². The van der Waals surface area contributed by atoms with Crippen molar-refractivity contribution in [1.29, 1.82) is 5.39 Å². The second-order valence-corrected chi connectivity index (χ2v) is 5.89. The van der Waals surface area contributed by atoms with Gasteiger partial charge in [-0.3, -0.25) is 4.57 Å². The molecule has 0 saturated carbocycles. The SMILES string of the molecule is C/C(O)=C(\[N+]#N)C(=O)OCc1ccc(C)n1C(=O)OC(C)(C)C. The van der Waals surface area contributed by atoms with Gasteiger partial charge in [-0.15, -0.1) is 0 Å². The van der Waals surface area contributed by atoms with E-state index in [0.29, 0.717) is 11.4 Å². The van der Waals surface area contributed by atoms with E-state index in [0.717, 1.165) is 0 Å². The number of ether oxygens (including phenoxy) is 2. The van der Waals surface area contributed by atoms with E-state index in [2.05, 4.69) is 4.98 Å². The number of hydrogen-bond donors (Lipinski definition) is 1. The fourth-order valence-electron chi connectivity index (χ4n) is 1.74. The minimum absolute atomic E-state index is 0.252. The minimum Gasteiger partial charge on any atom is -0.505 e. The molecule has 0 atom stereocenters. The van der Waals surface area contributed by atoms with Gasteiger partial charge in [0.05, 0.1) is 5.69 Å². The fraction of sp³-hybridized carbons (Fsp3) is 0.467. The highest BCUT2D eigenvalue weighted by Crippen LogP contribution is 2.16. The fourth-order valence-corrected chi connectivity index (χ4v) is 1.74. The van der Waals surface area contributed by atoms with Crippen LogP contribution in [0.15, 0.2) is 23.6 Å². The molecule has 0 saturated heterocycles. The van der Waals surface area contributed by atoms with Crippen LogP contribution in [0.2, 0.25) is 0 Å². The van der Waals surface area contributed by atoms with Crippen LogP contribution in [0.5, 0.6) is 0 Å². The van der Waals surface area contributed by atoms with Gasteiger partial charge in [0.15, 0.2) is 10.7 Å². The third-order valence-corrected chi connectivity index (χ3v) is 2.72. The van der Waals surface area contributed by atoms with Crippen LogP contribution in [0, 0.1) is 12.3 Å². The van der Waals surface area contributed by atoms with Crippen molar-refractivity contribution < 1.29 is 24.2 Å². The first-order valence-electron chi connectivity index (χ1n) is 6.89. The zero-order valence-electron chi connectivity index (χ0n) is 13.8. The zero-order chi connectivity index (χ0) is 17.8. The molecule has 8 nitrogen and oxygen atoms in total. The van der Waals surface area contributed by atoms with Crippen molar-refractivity contribution in [1.82, 2.24) is 4.57 Å². The summed E-state index contributed by atoms with van der Waals surface area (Å²) in [6, 6.07) is 3.29. The Kier molecular flexibility index (Phi) is 5.52. The quantitative estimate of drug-likeness (QED) is 0.396. The molecule has 1 heterocycles. The van der Waals surface area contributed by atoms with Crippen molar-refractivity contribution in [2.45, 2.75) is 46.8 Å². The minimum atomic E-state index is -1.01. The largest absolute Gasteiger partial charge is 0.505 e. The van der Waals surface area contributed by atoms with Crippen LogP contribution in [0.4, 0.5) is 4.79 Å². The van der Waals surface area contributed by atoms with E-state index in [1.807, 2.05) is 0 Å². The number of aryl methyl sites for hydroxylation is 1. The normalized spacial score (nSPS) is 12.2. The second-order valence-electron chi connectivity index (χ2n) is 5.89. The molecule has 0 aliphatic carbocycles. The first-order chi connectivity index (χ1) is 10.6. The van der Waals surface area contributed by atoms with Crippen molar-refractivity contribution in [3.05, 3.63) is 40.0 Å². The smallest absolute Gasteiger partial charge is 0.504 e. The summed E-state index contributed by atoms with van der Waals surface area (Å²) in [4.78, 5) is 26.6. The van der Waals surface area contributed by atoms with Crippen LogP contribution in [-0.2, 0) is 20.9 Å². The van der Waals surface area contributed by atoms with Gasteiger partial charge in [0.1, 0.15) is 12.2 Å². The van der Waals surface area contributed by atoms with Gasteiger partial charge in [0, 0.05) is 12.6 Å². The third kappa shape index (κ3) is 4.85. The van der Waals surface area contributed by atoms with Gasteiger partial charge in [-0.2, -0.15) is 0 Å². The van der Waals surface area contributed by atoms with Crippen molar-refractivity contribution in [3.8, 4) is 0 Å². The second kappa shape index (κ2) is 6.96. The number of carbonyl (C=O) groups excluding carboxylic acids is 2.